The maximum absolute atomic E-state index is 12.0. The third-order valence-corrected chi connectivity index (χ3v) is 4.61. The Morgan fingerprint density at radius 1 is 1.19 bits per heavy atom. The molecule has 1 unspecified atom stereocenters. The SMILES string of the molecule is COc1cccc(CNC(=O)COC(=O)CC(NC(C)=O)c2cccs2)c1. The number of nitrogens with one attached hydrogen (secondary N) is 2. The van der Waals surface area contributed by atoms with E-state index in [0.717, 1.165) is 10.4 Å². The molecule has 0 aliphatic rings. The third-order valence-electron chi connectivity index (χ3n) is 3.62. The van der Waals surface area contributed by atoms with Crippen LogP contribution in [0, 0.1) is 0 Å². The molecule has 1 heterocycles. The second kappa shape index (κ2) is 10.3. The number of benzene rings is 1. The summed E-state index contributed by atoms with van der Waals surface area (Å²) in [5.74, 6) is -0.500. The van der Waals surface area contributed by atoms with E-state index in [2.05, 4.69) is 10.6 Å². The number of thiophene rings is 1. The van der Waals surface area contributed by atoms with Gasteiger partial charge in [-0.2, -0.15) is 0 Å². The fourth-order valence-corrected chi connectivity index (χ4v) is 3.14. The van der Waals surface area contributed by atoms with Crippen LogP contribution in [0.1, 0.15) is 29.8 Å². The van der Waals surface area contributed by atoms with Crippen molar-refractivity contribution in [3.63, 3.8) is 0 Å². The van der Waals surface area contributed by atoms with Crippen molar-refractivity contribution in [2.24, 2.45) is 0 Å². The van der Waals surface area contributed by atoms with Gasteiger partial charge in [-0.3, -0.25) is 14.4 Å². The van der Waals surface area contributed by atoms with E-state index in [1.165, 1.54) is 18.3 Å². The molecule has 1 aromatic carbocycles. The van der Waals surface area contributed by atoms with Crippen LogP contribution in [0.4, 0.5) is 0 Å². The van der Waals surface area contributed by atoms with E-state index in [0.29, 0.717) is 12.3 Å². The van der Waals surface area contributed by atoms with Crippen LogP contribution in [-0.4, -0.2) is 31.5 Å². The largest absolute Gasteiger partial charge is 0.497 e. The summed E-state index contributed by atoms with van der Waals surface area (Å²) in [4.78, 5) is 36.1. The molecule has 2 amide bonds. The Balaban J connectivity index is 1.78. The lowest BCUT2D eigenvalue weighted by atomic mass is 10.1. The van der Waals surface area contributed by atoms with E-state index in [-0.39, 0.29) is 18.9 Å². The first-order chi connectivity index (χ1) is 13.0. The van der Waals surface area contributed by atoms with Crippen LogP contribution in [-0.2, 0) is 25.7 Å². The second-order valence-electron chi connectivity index (χ2n) is 5.76. The van der Waals surface area contributed by atoms with Crippen LogP contribution >= 0.6 is 11.3 Å². The standard InChI is InChI=1S/C19H22N2O5S/c1-13(22)21-16(17-7-4-8-27-17)10-19(24)26-12-18(23)20-11-14-5-3-6-15(9-14)25-2/h3-9,16H,10-12H2,1-2H3,(H,20,23)(H,21,22). The van der Waals surface area contributed by atoms with E-state index in [1.807, 2.05) is 41.8 Å². The lowest BCUT2D eigenvalue weighted by Crippen LogP contribution is -2.31. The van der Waals surface area contributed by atoms with Crippen LogP contribution in [0.5, 0.6) is 5.75 Å². The van der Waals surface area contributed by atoms with Gasteiger partial charge in [0.15, 0.2) is 6.61 Å². The van der Waals surface area contributed by atoms with Crippen molar-refractivity contribution in [3.8, 4) is 5.75 Å². The van der Waals surface area contributed by atoms with Gasteiger partial charge in [0.1, 0.15) is 5.75 Å². The molecule has 1 atom stereocenters. The minimum atomic E-state index is -0.557. The van der Waals surface area contributed by atoms with Crippen molar-refractivity contribution in [1.82, 2.24) is 10.6 Å². The van der Waals surface area contributed by atoms with E-state index >= 15 is 0 Å². The van der Waals surface area contributed by atoms with E-state index < -0.39 is 17.9 Å². The number of carbonyl (C=O) groups is 3. The van der Waals surface area contributed by atoms with Crippen molar-refractivity contribution in [2.45, 2.75) is 25.9 Å². The molecular weight excluding hydrogens is 368 g/mol. The maximum Gasteiger partial charge on any atom is 0.308 e. The highest BCUT2D eigenvalue weighted by molar-refractivity contribution is 7.10. The van der Waals surface area contributed by atoms with Crippen molar-refractivity contribution in [2.75, 3.05) is 13.7 Å². The highest BCUT2D eigenvalue weighted by Crippen LogP contribution is 2.22. The second-order valence-corrected chi connectivity index (χ2v) is 6.74. The summed E-state index contributed by atoms with van der Waals surface area (Å²) in [7, 11) is 1.57. The normalized spacial score (nSPS) is 11.3. The Bertz CT molecular complexity index is 776. The van der Waals surface area contributed by atoms with Crippen molar-refractivity contribution in [3.05, 3.63) is 52.2 Å². The van der Waals surface area contributed by atoms with Crippen LogP contribution < -0.4 is 15.4 Å². The number of hydrogen-bond acceptors (Lipinski definition) is 6. The lowest BCUT2D eigenvalue weighted by Gasteiger charge is -2.15. The van der Waals surface area contributed by atoms with Crippen LogP contribution in [0.25, 0.3) is 0 Å². The molecule has 0 bridgehead atoms. The zero-order valence-corrected chi connectivity index (χ0v) is 16.0. The number of methoxy groups -OCH3 is 1. The molecule has 0 aliphatic carbocycles. The molecule has 2 rings (SSSR count). The minimum Gasteiger partial charge on any atom is -0.497 e. The van der Waals surface area contributed by atoms with Gasteiger partial charge in [0.05, 0.1) is 19.6 Å². The molecule has 0 fully saturated rings. The van der Waals surface area contributed by atoms with Crippen molar-refractivity contribution < 1.29 is 23.9 Å². The summed E-state index contributed by atoms with van der Waals surface area (Å²) < 4.78 is 10.1. The molecule has 1 aromatic heterocycles. The van der Waals surface area contributed by atoms with Crippen molar-refractivity contribution >= 4 is 29.1 Å². The van der Waals surface area contributed by atoms with Crippen molar-refractivity contribution in [1.29, 1.82) is 0 Å². The Labute approximate surface area is 161 Å². The summed E-state index contributed by atoms with van der Waals surface area (Å²) >= 11 is 1.44. The number of rotatable bonds is 9. The number of amides is 2. The molecule has 2 aromatic rings. The average Bonchev–Trinajstić information content (AvgIpc) is 3.18. The van der Waals surface area contributed by atoms with E-state index in [1.54, 1.807) is 7.11 Å². The molecule has 27 heavy (non-hydrogen) atoms. The monoisotopic (exact) mass is 390 g/mol. The quantitative estimate of drug-likeness (QED) is 0.640. The third kappa shape index (κ3) is 7.10. The average molecular weight is 390 g/mol. The van der Waals surface area contributed by atoms with Gasteiger partial charge in [-0.15, -0.1) is 11.3 Å². The first kappa shape index (κ1) is 20.4. The first-order valence-corrected chi connectivity index (χ1v) is 9.21. The van der Waals surface area contributed by atoms with Gasteiger partial charge < -0.3 is 20.1 Å². The maximum atomic E-state index is 12.0. The first-order valence-electron chi connectivity index (χ1n) is 8.33. The fourth-order valence-electron chi connectivity index (χ4n) is 2.36. The lowest BCUT2D eigenvalue weighted by molar-refractivity contribution is -0.149. The molecule has 8 heteroatoms. The van der Waals surface area contributed by atoms with Crippen LogP contribution in [0.3, 0.4) is 0 Å². The van der Waals surface area contributed by atoms with Gasteiger partial charge in [0, 0.05) is 18.3 Å². The molecule has 0 aliphatic heterocycles. The summed E-state index contributed by atoms with van der Waals surface area (Å²) in [6.07, 6.45) is -0.0384. The summed E-state index contributed by atoms with van der Waals surface area (Å²) in [6, 6.07) is 10.5. The molecule has 0 radical (unpaired) electrons. The van der Waals surface area contributed by atoms with Gasteiger partial charge in [-0.25, -0.2) is 0 Å². The highest BCUT2D eigenvalue weighted by Gasteiger charge is 2.19. The molecule has 7 nitrogen and oxygen atoms in total. The van der Waals surface area contributed by atoms with Crippen LogP contribution in [0.15, 0.2) is 41.8 Å². The fraction of sp³-hybridized carbons (Fsp3) is 0.316. The summed E-state index contributed by atoms with van der Waals surface area (Å²) in [5, 5.41) is 7.26. The van der Waals surface area contributed by atoms with Gasteiger partial charge >= 0.3 is 5.97 Å². The number of hydrogen-bond donors (Lipinski definition) is 2. The zero-order valence-electron chi connectivity index (χ0n) is 15.2. The Hall–Kier alpha value is -2.87. The van der Waals surface area contributed by atoms with E-state index in [9.17, 15) is 14.4 Å². The smallest absolute Gasteiger partial charge is 0.308 e. The number of esters is 1. The molecular formula is C19H22N2O5S. The van der Waals surface area contributed by atoms with Gasteiger partial charge in [0.2, 0.25) is 5.91 Å². The topological polar surface area (TPSA) is 93.7 Å². The van der Waals surface area contributed by atoms with Crippen LogP contribution in [0.2, 0.25) is 0 Å². The van der Waals surface area contributed by atoms with Gasteiger partial charge in [-0.05, 0) is 29.1 Å². The summed E-state index contributed by atoms with van der Waals surface area (Å²) in [5.41, 5.74) is 0.873. The molecule has 2 N–H and O–H groups in total. The molecule has 144 valence electrons. The number of carbonyl (C=O) groups excluding carboxylic acids is 3. The molecule has 0 spiro atoms. The van der Waals surface area contributed by atoms with Gasteiger partial charge in [-0.1, -0.05) is 18.2 Å². The number of ether oxygens (including phenoxy) is 2. The highest BCUT2D eigenvalue weighted by atomic mass is 32.1. The van der Waals surface area contributed by atoms with Gasteiger partial charge in [0.25, 0.3) is 5.91 Å². The Morgan fingerprint density at radius 2 is 2.00 bits per heavy atom. The zero-order chi connectivity index (χ0) is 19.6. The molecule has 0 saturated heterocycles. The van der Waals surface area contributed by atoms with E-state index in [4.69, 9.17) is 9.47 Å². The minimum absolute atomic E-state index is 0.0384. The summed E-state index contributed by atoms with van der Waals surface area (Å²) in [6.45, 7) is 1.31. The Kier molecular flexibility index (Phi) is 7.81. The predicted molar refractivity (Wildman–Crippen MR) is 101 cm³/mol. The predicted octanol–water partition coefficient (Wildman–Crippen LogP) is 2.18. The molecule has 0 saturated carbocycles. The Morgan fingerprint density at radius 3 is 2.67 bits per heavy atom.